The van der Waals surface area contributed by atoms with Gasteiger partial charge in [-0.2, -0.15) is 26.3 Å². The third kappa shape index (κ3) is 5.56. The molecule has 0 aliphatic heterocycles. The molecular formula is C4H2F6O. The van der Waals surface area contributed by atoms with Crippen LogP contribution in [0, 0.1) is 0 Å². The fourth-order valence-corrected chi connectivity index (χ4v) is 0.200. The average molecular weight is 180 g/mol. The molecule has 11 heavy (non-hydrogen) atoms. The van der Waals surface area contributed by atoms with Gasteiger partial charge in [0.1, 0.15) is 0 Å². The highest BCUT2D eigenvalue weighted by molar-refractivity contribution is 4.80. The molecule has 0 rings (SSSR count). The van der Waals surface area contributed by atoms with Crippen molar-refractivity contribution in [1.82, 2.24) is 0 Å². The Morgan fingerprint density at radius 2 is 1.55 bits per heavy atom. The molecule has 0 atom stereocenters. The number of halogens is 6. The van der Waals surface area contributed by atoms with Crippen LogP contribution in [0.4, 0.5) is 26.3 Å². The molecule has 1 nitrogen and oxygen atoms in total. The molecule has 0 unspecified atom stereocenters. The first kappa shape index (κ1) is 10.1. The van der Waals surface area contributed by atoms with Gasteiger partial charge in [0.15, 0.2) is 6.61 Å². The van der Waals surface area contributed by atoms with Crippen molar-refractivity contribution >= 4 is 0 Å². The highest BCUT2D eigenvalue weighted by Crippen LogP contribution is 2.18. The number of rotatable bonds is 2. The lowest BCUT2D eigenvalue weighted by Gasteiger charge is -2.05. The molecule has 0 aromatic heterocycles. The standard InChI is InChI=1S/C4H2F6O/c5-2(6)3(7)11-1-4(8,9)10/h1H2. The van der Waals surface area contributed by atoms with E-state index >= 15 is 0 Å². The Morgan fingerprint density at radius 3 is 1.82 bits per heavy atom. The first-order valence-electron chi connectivity index (χ1n) is 2.23. The summed E-state index contributed by atoms with van der Waals surface area (Å²) in [7, 11) is 0. The molecule has 0 aliphatic rings. The lowest BCUT2D eigenvalue weighted by molar-refractivity contribution is -0.170. The van der Waals surface area contributed by atoms with Crippen molar-refractivity contribution in [3.8, 4) is 0 Å². The predicted octanol–water partition coefficient (Wildman–Crippen LogP) is 2.60. The first-order valence-corrected chi connectivity index (χ1v) is 2.23. The summed E-state index contributed by atoms with van der Waals surface area (Å²) in [6.07, 6.45) is -7.72. The Hall–Kier alpha value is -0.880. The van der Waals surface area contributed by atoms with Gasteiger partial charge in [0.2, 0.25) is 0 Å². The molecule has 0 aromatic rings. The van der Waals surface area contributed by atoms with Gasteiger partial charge in [0.05, 0.1) is 0 Å². The van der Waals surface area contributed by atoms with Crippen molar-refractivity contribution in [2.45, 2.75) is 6.18 Å². The minimum absolute atomic E-state index is 2.06. The van der Waals surface area contributed by atoms with Crippen molar-refractivity contribution in [3.05, 3.63) is 12.1 Å². The van der Waals surface area contributed by atoms with Crippen LogP contribution in [0.1, 0.15) is 0 Å². The van der Waals surface area contributed by atoms with Crippen molar-refractivity contribution < 1.29 is 31.1 Å². The fraction of sp³-hybridized carbons (Fsp3) is 0.500. The normalized spacial score (nSPS) is 11.1. The summed E-state index contributed by atoms with van der Waals surface area (Å²) in [5, 5.41) is 0. The smallest absolute Gasteiger partial charge is 0.422 e. The first-order chi connectivity index (χ1) is 4.83. The van der Waals surface area contributed by atoms with E-state index in [2.05, 4.69) is 4.74 Å². The minimum Gasteiger partial charge on any atom is -0.457 e. The van der Waals surface area contributed by atoms with Gasteiger partial charge in [0.25, 0.3) is 0 Å². The Bertz CT molecular complexity index is 154. The number of alkyl halides is 3. The van der Waals surface area contributed by atoms with Crippen molar-refractivity contribution in [2.75, 3.05) is 6.61 Å². The molecule has 0 saturated heterocycles. The van der Waals surface area contributed by atoms with E-state index in [1.807, 2.05) is 0 Å². The lowest BCUT2D eigenvalue weighted by Crippen LogP contribution is -2.16. The van der Waals surface area contributed by atoms with Crippen LogP contribution in [0.15, 0.2) is 12.1 Å². The monoisotopic (exact) mass is 180 g/mol. The fourth-order valence-electron chi connectivity index (χ4n) is 0.200. The van der Waals surface area contributed by atoms with Crippen LogP contribution in [0.5, 0.6) is 0 Å². The van der Waals surface area contributed by atoms with E-state index in [9.17, 15) is 26.3 Å². The van der Waals surface area contributed by atoms with Crippen LogP contribution in [-0.4, -0.2) is 12.8 Å². The second-order valence-electron chi connectivity index (χ2n) is 1.44. The molecule has 0 N–H and O–H groups in total. The SMILES string of the molecule is FC(F)=C(F)OCC(F)(F)F. The maximum absolute atomic E-state index is 11.5. The Kier molecular flexibility index (Phi) is 3.21. The van der Waals surface area contributed by atoms with E-state index in [0.29, 0.717) is 0 Å². The topological polar surface area (TPSA) is 9.23 Å². The van der Waals surface area contributed by atoms with Gasteiger partial charge in [-0.1, -0.05) is 0 Å². The summed E-state index contributed by atoms with van der Waals surface area (Å²) >= 11 is 0. The average Bonchev–Trinajstić information content (AvgIpc) is 1.80. The zero-order chi connectivity index (χ0) is 9.07. The van der Waals surface area contributed by atoms with E-state index in [4.69, 9.17) is 0 Å². The zero-order valence-corrected chi connectivity index (χ0v) is 4.88. The van der Waals surface area contributed by atoms with Gasteiger partial charge in [-0.15, -0.1) is 0 Å². The molecule has 0 radical (unpaired) electrons. The van der Waals surface area contributed by atoms with E-state index in [0.717, 1.165) is 0 Å². The molecule has 0 heterocycles. The van der Waals surface area contributed by atoms with Gasteiger partial charge in [-0.25, -0.2) is 0 Å². The van der Waals surface area contributed by atoms with E-state index in [1.165, 1.54) is 0 Å². The van der Waals surface area contributed by atoms with Crippen LogP contribution in [0.2, 0.25) is 0 Å². The highest BCUT2D eigenvalue weighted by atomic mass is 19.4. The van der Waals surface area contributed by atoms with Crippen LogP contribution in [-0.2, 0) is 4.74 Å². The third-order valence-corrected chi connectivity index (χ3v) is 0.511. The number of hydrogen-bond donors (Lipinski definition) is 0. The summed E-state index contributed by atoms with van der Waals surface area (Å²) in [5.41, 5.74) is 0. The van der Waals surface area contributed by atoms with Crippen LogP contribution in [0.25, 0.3) is 0 Å². The summed E-state index contributed by atoms with van der Waals surface area (Å²) in [5.74, 6) is 0. The van der Waals surface area contributed by atoms with Gasteiger partial charge < -0.3 is 4.74 Å². The molecule has 0 fully saturated rings. The molecule has 0 spiro atoms. The Morgan fingerprint density at radius 1 is 1.09 bits per heavy atom. The van der Waals surface area contributed by atoms with E-state index in [1.54, 1.807) is 0 Å². The number of hydrogen-bond acceptors (Lipinski definition) is 1. The predicted molar refractivity (Wildman–Crippen MR) is 22.4 cm³/mol. The van der Waals surface area contributed by atoms with E-state index in [-0.39, 0.29) is 0 Å². The molecule has 66 valence electrons. The highest BCUT2D eigenvalue weighted by Gasteiger charge is 2.29. The maximum atomic E-state index is 11.5. The Balaban J connectivity index is 3.82. The Labute approximate surface area is 57.3 Å². The molecule has 0 aliphatic carbocycles. The van der Waals surface area contributed by atoms with Crippen LogP contribution >= 0.6 is 0 Å². The quantitative estimate of drug-likeness (QED) is 0.468. The van der Waals surface area contributed by atoms with Gasteiger partial charge >= 0.3 is 18.3 Å². The summed E-state index contributed by atoms with van der Waals surface area (Å²) < 4.78 is 69.9. The summed E-state index contributed by atoms with van der Waals surface area (Å²) in [6, 6.07) is -2.50. The molecule has 0 amide bonds. The van der Waals surface area contributed by atoms with Gasteiger partial charge in [0, 0.05) is 0 Å². The van der Waals surface area contributed by atoms with Crippen LogP contribution in [0.3, 0.4) is 0 Å². The molecule has 0 aromatic carbocycles. The second kappa shape index (κ2) is 3.49. The third-order valence-electron chi connectivity index (χ3n) is 0.511. The van der Waals surface area contributed by atoms with Gasteiger partial charge in [-0.3, -0.25) is 0 Å². The molecule has 0 saturated carbocycles. The summed E-state index contributed by atoms with van der Waals surface area (Å²) in [6.45, 7) is -2.06. The van der Waals surface area contributed by atoms with Crippen molar-refractivity contribution in [2.24, 2.45) is 0 Å². The lowest BCUT2D eigenvalue weighted by atomic mass is 10.7. The summed E-state index contributed by atoms with van der Waals surface area (Å²) in [4.78, 5) is 0. The minimum atomic E-state index is -4.81. The maximum Gasteiger partial charge on any atom is 0.422 e. The van der Waals surface area contributed by atoms with Crippen LogP contribution < -0.4 is 0 Å². The zero-order valence-electron chi connectivity index (χ0n) is 4.88. The van der Waals surface area contributed by atoms with Crippen molar-refractivity contribution in [3.63, 3.8) is 0 Å². The molecule has 0 bridgehead atoms. The van der Waals surface area contributed by atoms with Gasteiger partial charge in [-0.05, 0) is 0 Å². The van der Waals surface area contributed by atoms with Crippen molar-refractivity contribution in [1.29, 1.82) is 0 Å². The largest absolute Gasteiger partial charge is 0.457 e. The molecule has 7 heteroatoms. The molecular weight excluding hydrogens is 178 g/mol. The van der Waals surface area contributed by atoms with E-state index < -0.39 is 24.9 Å². The number of ether oxygens (including phenoxy) is 1. The second-order valence-corrected chi connectivity index (χ2v) is 1.44.